The minimum atomic E-state index is -0.669. The van der Waals surface area contributed by atoms with Crippen molar-refractivity contribution >= 4 is 23.0 Å². The average molecular weight is 498 g/mol. The van der Waals surface area contributed by atoms with Crippen molar-refractivity contribution in [2.75, 3.05) is 71.1 Å². The molecule has 13 heteroatoms. The van der Waals surface area contributed by atoms with Crippen molar-refractivity contribution in [1.82, 2.24) is 10.6 Å². The summed E-state index contributed by atoms with van der Waals surface area (Å²) in [7, 11) is 0. The zero-order chi connectivity index (χ0) is 25.3. The molecule has 3 N–H and O–H groups in total. The Bertz CT molecular complexity index is 804. The number of carbonyl (C=O) groups excluding carboxylic acids is 1. The summed E-state index contributed by atoms with van der Waals surface area (Å²) in [5, 5.41) is 31.0. The van der Waals surface area contributed by atoms with Crippen molar-refractivity contribution in [3.63, 3.8) is 0 Å². The van der Waals surface area contributed by atoms with Crippen molar-refractivity contribution < 1.29 is 28.9 Å². The molecule has 1 saturated heterocycles. The van der Waals surface area contributed by atoms with Gasteiger partial charge in [0.1, 0.15) is 5.69 Å². The van der Waals surface area contributed by atoms with Gasteiger partial charge < -0.3 is 30.2 Å². The fourth-order valence-electron chi connectivity index (χ4n) is 3.48. The molecular weight excluding hydrogens is 462 g/mol. The third-order valence-corrected chi connectivity index (χ3v) is 5.35. The molecule has 0 spiro atoms. The number of rotatable bonds is 18. The summed E-state index contributed by atoms with van der Waals surface area (Å²) in [4.78, 5) is 32.5. The SMILES string of the molecule is O=C(NCCCOCCOCCOCCCNc1ccc([N+](=O)[O-])cc1[N+](=O)[O-])[C@H]1CCCNC1. The Morgan fingerprint density at radius 3 is 2.23 bits per heavy atom. The third-order valence-electron chi connectivity index (χ3n) is 5.35. The molecule has 0 unspecified atom stereocenters. The largest absolute Gasteiger partial charge is 0.379 e. The van der Waals surface area contributed by atoms with E-state index in [1.807, 2.05) is 0 Å². The zero-order valence-corrected chi connectivity index (χ0v) is 19.9. The van der Waals surface area contributed by atoms with Crippen LogP contribution in [0.15, 0.2) is 18.2 Å². The van der Waals surface area contributed by atoms with E-state index in [4.69, 9.17) is 14.2 Å². The van der Waals surface area contributed by atoms with Gasteiger partial charge in [0, 0.05) is 38.9 Å². The molecule has 196 valence electrons. The maximum absolute atomic E-state index is 12.0. The Kier molecular flexibility index (Phi) is 13.5. The van der Waals surface area contributed by atoms with Crippen molar-refractivity contribution in [1.29, 1.82) is 0 Å². The predicted octanol–water partition coefficient (Wildman–Crippen LogP) is 1.86. The van der Waals surface area contributed by atoms with Crippen molar-refractivity contribution in [2.24, 2.45) is 5.92 Å². The van der Waals surface area contributed by atoms with E-state index in [1.54, 1.807) is 0 Å². The molecule has 0 aliphatic carbocycles. The number of carbonyl (C=O) groups is 1. The van der Waals surface area contributed by atoms with Crippen LogP contribution in [0.4, 0.5) is 17.1 Å². The van der Waals surface area contributed by atoms with Crippen LogP contribution in [0.25, 0.3) is 0 Å². The highest BCUT2D eigenvalue weighted by Gasteiger charge is 2.20. The van der Waals surface area contributed by atoms with Gasteiger partial charge in [-0.3, -0.25) is 25.0 Å². The number of non-ortho nitro benzene ring substituents is 1. The van der Waals surface area contributed by atoms with Gasteiger partial charge >= 0.3 is 0 Å². The normalized spacial score (nSPS) is 15.5. The second-order valence-corrected chi connectivity index (χ2v) is 8.02. The second-order valence-electron chi connectivity index (χ2n) is 8.02. The van der Waals surface area contributed by atoms with Crippen LogP contribution in [0, 0.1) is 26.1 Å². The molecule has 1 amide bonds. The van der Waals surface area contributed by atoms with Gasteiger partial charge in [-0.2, -0.15) is 0 Å². The highest BCUT2D eigenvalue weighted by atomic mass is 16.6. The molecule has 1 aliphatic heterocycles. The van der Waals surface area contributed by atoms with Crippen LogP contribution in [-0.2, 0) is 19.0 Å². The monoisotopic (exact) mass is 497 g/mol. The summed E-state index contributed by atoms with van der Waals surface area (Å²) in [5.74, 6) is 0.192. The number of anilines is 1. The first-order chi connectivity index (χ1) is 17.0. The van der Waals surface area contributed by atoms with E-state index in [0.717, 1.165) is 38.4 Å². The molecule has 35 heavy (non-hydrogen) atoms. The molecule has 1 fully saturated rings. The lowest BCUT2D eigenvalue weighted by molar-refractivity contribution is -0.393. The lowest BCUT2D eigenvalue weighted by Crippen LogP contribution is -2.40. The molecule has 1 aromatic carbocycles. The van der Waals surface area contributed by atoms with Crippen LogP contribution in [0.3, 0.4) is 0 Å². The van der Waals surface area contributed by atoms with Gasteiger partial charge in [0.25, 0.3) is 11.4 Å². The van der Waals surface area contributed by atoms with Crippen molar-refractivity contribution in [2.45, 2.75) is 25.7 Å². The maximum Gasteiger partial charge on any atom is 0.299 e. The molecule has 1 atom stereocenters. The first kappa shape index (κ1) is 28.4. The van der Waals surface area contributed by atoms with E-state index in [0.29, 0.717) is 59.2 Å². The maximum atomic E-state index is 12.0. The van der Waals surface area contributed by atoms with E-state index in [-0.39, 0.29) is 28.9 Å². The van der Waals surface area contributed by atoms with Crippen LogP contribution in [-0.4, -0.2) is 81.6 Å². The molecule has 0 aromatic heterocycles. The van der Waals surface area contributed by atoms with Gasteiger partial charge in [-0.15, -0.1) is 0 Å². The average Bonchev–Trinajstić information content (AvgIpc) is 2.86. The zero-order valence-electron chi connectivity index (χ0n) is 19.9. The third kappa shape index (κ3) is 11.4. The summed E-state index contributed by atoms with van der Waals surface area (Å²) >= 11 is 0. The molecule has 0 saturated carbocycles. The van der Waals surface area contributed by atoms with Crippen LogP contribution in [0.5, 0.6) is 0 Å². The fraction of sp³-hybridized carbons (Fsp3) is 0.682. The first-order valence-electron chi connectivity index (χ1n) is 11.9. The summed E-state index contributed by atoms with van der Waals surface area (Å²) in [6.45, 7) is 5.54. The summed E-state index contributed by atoms with van der Waals surface area (Å²) in [6.07, 6.45) is 3.35. The first-order valence-corrected chi connectivity index (χ1v) is 11.9. The van der Waals surface area contributed by atoms with Gasteiger partial charge in [0.15, 0.2) is 0 Å². The quantitative estimate of drug-likeness (QED) is 0.155. The molecule has 13 nitrogen and oxygen atoms in total. The highest BCUT2D eigenvalue weighted by Crippen LogP contribution is 2.28. The Labute approximate surface area is 204 Å². The number of benzene rings is 1. The molecule has 0 bridgehead atoms. The topological polar surface area (TPSA) is 167 Å². The number of nitro benzene ring substituents is 2. The van der Waals surface area contributed by atoms with Crippen molar-refractivity contribution in [3.05, 3.63) is 38.4 Å². The second kappa shape index (κ2) is 16.7. The van der Waals surface area contributed by atoms with E-state index in [2.05, 4.69) is 16.0 Å². The molecule has 2 rings (SSSR count). The number of amides is 1. The number of hydrogen-bond donors (Lipinski definition) is 3. The van der Waals surface area contributed by atoms with Crippen LogP contribution >= 0.6 is 0 Å². The number of piperidine rings is 1. The molecule has 1 aliphatic rings. The minimum absolute atomic E-state index is 0.0769. The van der Waals surface area contributed by atoms with E-state index in [1.165, 1.54) is 12.1 Å². The summed E-state index contributed by atoms with van der Waals surface area (Å²) in [6, 6.07) is 3.49. The molecule has 1 heterocycles. The standard InChI is InChI=1S/C22H35N5O8/c28-22(18-4-1-7-23-17-18)25-9-3-11-34-13-15-35-14-12-33-10-2-8-24-20-6-5-19(26(29)30)16-21(20)27(31)32/h5-6,16,18,23-24H,1-4,7-15,17H2,(H,25,28)/t18-/m0/s1. The van der Waals surface area contributed by atoms with Gasteiger partial charge in [-0.25, -0.2) is 0 Å². The van der Waals surface area contributed by atoms with Crippen molar-refractivity contribution in [3.8, 4) is 0 Å². The lowest BCUT2D eigenvalue weighted by atomic mass is 9.99. The van der Waals surface area contributed by atoms with E-state index < -0.39 is 9.85 Å². The number of hydrogen-bond acceptors (Lipinski definition) is 10. The number of nitrogens with zero attached hydrogens (tertiary/aromatic N) is 2. The van der Waals surface area contributed by atoms with Crippen LogP contribution in [0.1, 0.15) is 25.7 Å². The Morgan fingerprint density at radius 2 is 1.63 bits per heavy atom. The van der Waals surface area contributed by atoms with Crippen LogP contribution < -0.4 is 16.0 Å². The van der Waals surface area contributed by atoms with Crippen LogP contribution in [0.2, 0.25) is 0 Å². The van der Waals surface area contributed by atoms with Gasteiger partial charge in [0.05, 0.1) is 48.3 Å². The molecular formula is C22H35N5O8. The predicted molar refractivity (Wildman–Crippen MR) is 129 cm³/mol. The van der Waals surface area contributed by atoms with Gasteiger partial charge in [-0.1, -0.05) is 0 Å². The number of nitro groups is 2. The van der Waals surface area contributed by atoms with E-state index in [9.17, 15) is 25.0 Å². The van der Waals surface area contributed by atoms with Gasteiger partial charge in [-0.05, 0) is 38.3 Å². The Hall–Kier alpha value is -2.87. The molecule has 1 aromatic rings. The fourth-order valence-corrected chi connectivity index (χ4v) is 3.48. The smallest absolute Gasteiger partial charge is 0.299 e. The number of ether oxygens (including phenoxy) is 3. The highest BCUT2D eigenvalue weighted by molar-refractivity contribution is 5.78. The summed E-state index contributed by atoms with van der Waals surface area (Å²) < 4.78 is 16.4. The van der Waals surface area contributed by atoms with E-state index >= 15 is 0 Å². The van der Waals surface area contributed by atoms with Gasteiger partial charge in [0.2, 0.25) is 5.91 Å². The minimum Gasteiger partial charge on any atom is -0.379 e. The lowest BCUT2D eigenvalue weighted by Gasteiger charge is -2.21. The Balaban J connectivity index is 1.39. The molecule has 0 radical (unpaired) electrons. The Morgan fingerprint density at radius 1 is 0.971 bits per heavy atom. The number of nitrogens with one attached hydrogen (secondary N) is 3. The summed E-state index contributed by atoms with van der Waals surface area (Å²) in [5.41, 5.74) is -0.433.